The van der Waals surface area contributed by atoms with Crippen molar-refractivity contribution in [2.24, 2.45) is 0 Å². The molecule has 0 aliphatic heterocycles. The second kappa shape index (κ2) is 6.53. The lowest BCUT2D eigenvalue weighted by Crippen LogP contribution is -2.39. The molecule has 19 heavy (non-hydrogen) atoms. The normalized spacial score (nSPS) is 9.63. The fraction of sp³-hybridized carbons (Fsp3) is 0.308. The summed E-state index contributed by atoms with van der Waals surface area (Å²) in [6, 6.07) is 4.47. The Hall–Kier alpha value is -2.37. The Kier molecular flexibility index (Phi) is 5.05. The third-order valence-corrected chi connectivity index (χ3v) is 2.56. The molecule has 0 atom stereocenters. The fourth-order valence-corrected chi connectivity index (χ4v) is 1.31. The summed E-state index contributed by atoms with van der Waals surface area (Å²) in [5.41, 5.74) is 2.40. The largest absolute Gasteiger partial charge is 0.452 e. The highest BCUT2D eigenvalue weighted by Gasteiger charge is 2.12. The van der Waals surface area contributed by atoms with E-state index in [9.17, 15) is 14.4 Å². The highest BCUT2D eigenvalue weighted by molar-refractivity contribution is 5.96. The van der Waals surface area contributed by atoms with Crippen molar-refractivity contribution in [3.05, 3.63) is 34.9 Å². The number of imide groups is 1. The van der Waals surface area contributed by atoms with E-state index in [1.165, 1.54) is 7.05 Å². The molecule has 0 saturated carbocycles. The molecule has 0 heterocycles. The van der Waals surface area contributed by atoms with Crippen LogP contribution in [-0.2, 0) is 9.53 Å². The number of carbonyl (C=O) groups is 3. The van der Waals surface area contributed by atoms with Gasteiger partial charge in [0.25, 0.3) is 5.91 Å². The lowest BCUT2D eigenvalue weighted by Gasteiger charge is -2.06. The van der Waals surface area contributed by atoms with Gasteiger partial charge in [-0.3, -0.25) is 10.1 Å². The first-order valence-electron chi connectivity index (χ1n) is 5.70. The van der Waals surface area contributed by atoms with E-state index in [-0.39, 0.29) is 0 Å². The molecule has 0 aromatic heterocycles. The van der Waals surface area contributed by atoms with Crippen molar-refractivity contribution < 1.29 is 19.1 Å². The van der Waals surface area contributed by atoms with Crippen LogP contribution in [0.1, 0.15) is 21.5 Å². The van der Waals surface area contributed by atoms with Crippen LogP contribution in [0.15, 0.2) is 18.2 Å². The van der Waals surface area contributed by atoms with Gasteiger partial charge in [0.2, 0.25) is 0 Å². The zero-order valence-corrected chi connectivity index (χ0v) is 11.1. The van der Waals surface area contributed by atoms with E-state index in [1.807, 2.05) is 19.2 Å². The van der Waals surface area contributed by atoms with Gasteiger partial charge in [0.15, 0.2) is 6.61 Å². The topological polar surface area (TPSA) is 84.5 Å². The van der Waals surface area contributed by atoms with Gasteiger partial charge < -0.3 is 10.1 Å². The number of benzene rings is 1. The Bertz CT molecular complexity index is 511. The number of ether oxygens (including phenoxy) is 1. The monoisotopic (exact) mass is 264 g/mol. The Morgan fingerprint density at radius 3 is 2.42 bits per heavy atom. The van der Waals surface area contributed by atoms with E-state index >= 15 is 0 Å². The van der Waals surface area contributed by atoms with Crippen LogP contribution in [0.25, 0.3) is 0 Å². The predicted molar refractivity (Wildman–Crippen MR) is 68.8 cm³/mol. The van der Waals surface area contributed by atoms with Crippen molar-refractivity contribution in [2.45, 2.75) is 13.8 Å². The van der Waals surface area contributed by atoms with Gasteiger partial charge in [-0.2, -0.15) is 0 Å². The zero-order chi connectivity index (χ0) is 14.4. The predicted octanol–water partition coefficient (Wildman–Crippen LogP) is 0.916. The van der Waals surface area contributed by atoms with Gasteiger partial charge in [-0.15, -0.1) is 0 Å². The molecule has 6 heteroatoms. The van der Waals surface area contributed by atoms with Gasteiger partial charge in [0.1, 0.15) is 0 Å². The van der Waals surface area contributed by atoms with E-state index in [0.717, 1.165) is 11.1 Å². The van der Waals surface area contributed by atoms with Crippen LogP contribution in [0.4, 0.5) is 4.79 Å². The van der Waals surface area contributed by atoms with E-state index in [4.69, 9.17) is 4.74 Å². The average Bonchev–Trinajstić information content (AvgIpc) is 2.39. The van der Waals surface area contributed by atoms with Gasteiger partial charge in [0, 0.05) is 7.05 Å². The van der Waals surface area contributed by atoms with E-state index in [1.54, 1.807) is 18.2 Å². The van der Waals surface area contributed by atoms with Crippen LogP contribution in [0.3, 0.4) is 0 Å². The molecule has 0 aliphatic carbocycles. The fourth-order valence-electron chi connectivity index (χ4n) is 1.31. The molecule has 102 valence electrons. The van der Waals surface area contributed by atoms with Gasteiger partial charge in [-0.05, 0) is 37.1 Å². The van der Waals surface area contributed by atoms with E-state index in [0.29, 0.717) is 5.56 Å². The summed E-state index contributed by atoms with van der Waals surface area (Å²) in [4.78, 5) is 33.7. The molecule has 0 bridgehead atoms. The number of nitrogens with one attached hydrogen (secondary N) is 2. The Morgan fingerprint density at radius 1 is 1.16 bits per heavy atom. The molecule has 0 radical (unpaired) electrons. The highest BCUT2D eigenvalue weighted by atomic mass is 16.5. The van der Waals surface area contributed by atoms with Gasteiger partial charge in [0.05, 0.1) is 5.56 Å². The van der Waals surface area contributed by atoms with Crippen molar-refractivity contribution in [3.63, 3.8) is 0 Å². The smallest absolute Gasteiger partial charge is 0.338 e. The second-order valence-corrected chi connectivity index (χ2v) is 4.00. The quantitative estimate of drug-likeness (QED) is 0.795. The van der Waals surface area contributed by atoms with Crippen LogP contribution in [0.5, 0.6) is 0 Å². The Morgan fingerprint density at radius 2 is 1.84 bits per heavy atom. The summed E-state index contributed by atoms with van der Waals surface area (Å²) < 4.78 is 4.80. The summed E-state index contributed by atoms with van der Waals surface area (Å²) in [6.45, 7) is 3.31. The first-order valence-corrected chi connectivity index (χ1v) is 5.70. The van der Waals surface area contributed by atoms with Crippen molar-refractivity contribution in [1.29, 1.82) is 0 Å². The Balaban J connectivity index is 2.53. The Labute approximate surface area is 111 Å². The van der Waals surface area contributed by atoms with E-state index < -0.39 is 24.5 Å². The van der Waals surface area contributed by atoms with Crippen molar-refractivity contribution in [3.8, 4) is 0 Å². The van der Waals surface area contributed by atoms with Crippen LogP contribution in [0.2, 0.25) is 0 Å². The van der Waals surface area contributed by atoms with Crippen LogP contribution < -0.4 is 10.6 Å². The number of carbonyl (C=O) groups excluding carboxylic acids is 3. The van der Waals surface area contributed by atoms with Gasteiger partial charge in [-0.1, -0.05) is 6.07 Å². The molecule has 0 saturated heterocycles. The van der Waals surface area contributed by atoms with Crippen molar-refractivity contribution in [2.75, 3.05) is 13.7 Å². The lowest BCUT2D eigenvalue weighted by atomic mass is 10.1. The molecule has 0 spiro atoms. The minimum absolute atomic E-state index is 0.371. The summed E-state index contributed by atoms with van der Waals surface area (Å²) in [7, 11) is 1.38. The lowest BCUT2D eigenvalue weighted by molar-refractivity contribution is -0.123. The first-order chi connectivity index (χ1) is 8.93. The van der Waals surface area contributed by atoms with Gasteiger partial charge in [-0.25, -0.2) is 9.59 Å². The summed E-state index contributed by atoms with van der Waals surface area (Å²) >= 11 is 0. The highest BCUT2D eigenvalue weighted by Crippen LogP contribution is 2.10. The van der Waals surface area contributed by atoms with E-state index in [2.05, 4.69) is 5.32 Å². The van der Waals surface area contributed by atoms with Gasteiger partial charge >= 0.3 is 12.0 Å². The number of esters is 1. The number of amides is 3. The maximum atomic E-state index is 11.7. The number of hydrogen-bond acceptors (Lipinski definition) is 4. The third kappa shape index (κ3) is 4.42. The standard InChI is InChI=1S/C13H16N2O4/c1-8-4-5-10(6-9(8)2)12(17)19-7-11(16)15-13(18)14-3/h4-6H,7H2,1-3H3,(H2,14,15,16,18). The SMILES string of the molecule is CNC(=O)NC(=O)COC(=O)c1ccc(C)c(C)c1. The van der Waals surface area contributed by atoms with Crippen LogP contribution >= 0.6 is 0 Å². The molecule has 1 aromatic rings. The summed E-state index contributed by atoms with van der Waals surface area (Å²) in [6.07, 6.45) is 0. The molecular formula is C13H16N2O4. The molecule has 1 rings (SSSR count). The molecule has 0 aliphatic rings. The van der Waals surface area contributed by atoms with Crippen molar-refractivity contribution >= 4 is 17.9 Å². The molecule has 0 fully saturated rings. The number of hydrogen-bond donors (Lipinski definition) is 2. The molecule has 1 aromatic carbocycles. The minimum atomic E-state index is -0.684. The molecule has 3 amide bonds. The summed E-state index contributed by atoms with van der Waals surface area (Å²) in [5.74, 6) is -1.29. The average molecular weight is 264 g/mol. The maximum absolute atomic E-state index is 11.7. The molecule has 2 N–H and O–H groups in total. The minimum Gasteiger partial charge on any atom is -0.452 e. The van der Waals surface area contributed by atoms with Crippen molar-refractivity contribution in [1.82, 2.24) is 10.6 Å². The number of urea groups is 1. The third-order valence-electron chi connectivity index (χ3n) is 2.56. The maximum Gasteiger partial charge on any atom is 0.338 e. The number of rotatable bonds is 3. The molecule has 6 nitrogen and oxygen atoms in total. The molecular weight excluding hydrogens is 248 g/mol. The number of aryl methyl sites for hydroxylation is 2. The molecule has 0 unspecified atom stereocenters. The van der Waals surface area contributed by atoms with Crippen LogP contribution in [0, 0.1) is 13.8 Å². The second-order valence-electron chi connectivity index (χ2n) is 4.00. The van der Waals surface area contributed by atoms with Crippen LogP contribution in [-0.4, -0.2) is 31.6 Å². The zero-order valence-electron chi connectivity index (χ0n) is 11.1. The first kappa shape index (κ1) is 14.7. The summed E-state index contributed by atoms with van der Waals surface area (Å²) in [5, 5.41) is 4.21.